The second kappa shape index (κ2) is 34.6. The minimum Gasteiger partial charge on any atom is -0.459 e. The lowest BCUT2D eigenvalue weighted by Gasteiger charge is -2.47. The molecule has 3 amide bonds. The summed E-state index contributed by atoms with van der Waals surface area (Å²) in [6.45, 7) is 44.2. The molecule has 0 aromatic heterocycles. The standard InChI is InChI=1S/C35H45Cl2N3O4.C30H37Cl2N3O3.C6H15N.C5H9ClO/c1-22(2)44-31(42)24-11-9-23(10-12-24)28(13-14-33(3,4)5)40-30(41)29(25-19-26(36)21-27(37)20-25)38-35(40)15-17-39(18-16-35)32(43)34(6,7)8;1-19(2)38-28(37)21-8-6-20(7-9-21)25(10-11-29(3,4)5)35-27(36)26(22-16-23(31)18-24(32)17-22)34-30(35)12-14-33-15-13-30;1-4-7(5-2)6-3;1-5(2,3)4(6)7/h9-12,19-22,28H,13-18H2,1-8H3;6-9,16-19,25,33H,10-15H2,1-5H3;4-6H2,1-3H3;1-3H3/t28-;25-;;/m11../s1. The third-order valence-electron chi connectivity index (χ3n) is 17.2. The van der Waals surface area contributed by atoms with Gasteiger partial charge >= 0.3 is 11.9 Å². The Kier molecular flexibility index (Phi) is 29.3. The maximum Gasteiger partial charge on any atom is 0.338 e. The van der Waals surface area contributed by atoms with Crippen LogP contribution in [0.1, 0.15) is 238 Å². The second-order valence-electron chi connectivity index (χ2n) is 30.4. The van der Waals surface area contributed by atoms with Crippen LogP contribution in [0, 0.1) is 21.7 Å². The van der Waals surface area contributed by atoms with Crippen LogP contribution in [0.5, 0.6) is 0 Å². The summed E-state index contributed by atoms with van der Waals surface area (Å²) in [4.78, 5) is 95.8. The van der Waals surface area contributed by atoms with E-state index in [1.54, 1.807) is 81.4 Å². The predicted molar refractivity (Wildman–Crippen MR) is 393 cm³/mol. The number of carbonyl (C=O) groups is 6. The molecule has 0 aliphatic carbocycles. The summed E-state index contributed by atoms with van der Waals surface area (Å²) < 4.78 is 10.8. The fourth-order valence-corrected chi connectivity index (χ4v) is 12.9. The van der Waals surface area contributed by atoms with Crippen LogP contribution >= 0.6 is 58.0 Å². The zero-order valence-corrected chi connectivity index (χ0v) is 64.1. The molecule has 4 heterocycles. The lowest BCUT2D eigenvalue weighted by Crippen LogP contribution is -2.56. The average molecular weight is 1420 g/mol. The zero-order valence-electron chi connectivity index (χ0n) is 60.3. The predicted octanol–water partition coefficient (Wildman–Crippen LogP) is 18.1. The molecular formula is C76H106Cl5N7O8. The monoisotopic (exact) mass is 1420 g/mol. The average Bonchev–Trinajstić information content (AvgIpc) is 1.58. The molecule has 96 heavy (non-hydrogen) atoms. The highest BCUT2D eigenvalue weighted by Crippen LogP contribution is 2.47. The first kappa shape index (κ1) is 81.3. The maximum atomic E-state index is 14.6. The minimum atomic E-state index is -0.854. The molecule has 2 fully saturated rings. The molecule has 2 atom stereocenters. The summed E-state index contributed by atoms with van der Waals surface area (Å²) in [7, 11) is 0. The maximum absolute atomic E-state index is 14.6. The number of hydrogen-bond donors (Lipinski definition) is 1. The van der Waals surface area contributed by atoms with Crippen LogP contribution in [-0.2, 0) is 28.7 Å². The van der Waals surface area contributed by atoms with E-state index in [0.29, 0.717) is 99.0 Å². The number of nitrogens with zero attached hydrogens (tertiary/aromatic N) is 6. The first-order chi connectivity index (χ1) is 44.6. The Bertz CT molecular complexity index is 3330. The molecule has 8 rings (SSSR count). The van der Waals surface area contributed by atoms with E-state index in [1.165, 1.54) is 19.6 Å². The van der Waals surface area contributed by atoms with Crippen molar-refractivity contribution in [2.24, 2.45) is 31.6 Å². The van der Waals surface area contributed by atoms with E-state index < -0.39 is 16.7 Å². The van der Waals surface area contributed by atoms with Crippen molar-refractivity contribution in [3.8, 4) is 0 Å². The molecule has 0 radical (unpaired) electrons. The Balaban J connectivity index is 0.000000291. The van der Waals surface area contributed by atoms with Crippen molar-refractivity contribution in [1.29, 1.82) is 0 Å². The number of hydrogen-bond acceptors (Lipinski definition) is 12. The van der Waals surface area contributed by atoms with Gasteiger partial charge in [-0.1, -0.05) is 175 Å². The molecule has 0 unspecified atom stereocenters. The Labute approximate surface area is 598 Å². The van der Waals surface area contributed by atoms with Crippen LogP contribution in [0.3, 0.4) is 0 Å². The number of esters is 2. The van der Waals surface area contributed by atoms with Gasteiger partial charge in [-0.25, -0.2) is 9.59 Å². The SMILES string of the molecule is CC(C)(C)C(=O)Cl.CC(C)OC(=O)c1ccc([C@@H](CCC(C)(C)C)N2C(=O)C(c3cc(Cl)cc(Cl)c3)=NC23CCN(C(=O)C(C)(C)C)CC3)cc1.CC(C)OC(=O)c1ccc([C@@H](CCC(C)(C)C)N2C(=O)C(c3cc(Cl)cc(Cl)c3)=NC23CCNCC3)cc1.CCN(CC)CC. The number of nitrogens with one attached hydrogen (secondary N) is 1. The molecule has 4 aromatic rings. The van der Waals surface area contributed by atoms with Gasteiger partial charge in [0.05, 0.1) is 35.4 Å². The molecule has 4 aromatic carbocycles. The number of carbonyl (C=O) groups excluding carboxylic acids is 6. The van der Waals surface area contributed by atoms with E-state index in [4.69, 9.17) is 77.5 Å². The van der Waals surface area contributed by atoms with Crippen molar-refractivity contribution in [3.63, 3.8) is 0 Å². The van der Waals surface area contributed by atoms with Gasteiger partial charge in [-0.05, 0) is 180 Å². The Morgan fingerprint density at radius 1 is 0.531 bits per heavy atom. The first-order valence-electron chi connectivity index (χ1n) is 33.9. The number of amides is 3. The van der Waals surface area contributed by atoms with Gasteiger partial charge in [0.15, 0.2) is 0 Å². The lowest BCUT2D eigenvalue weighted by molar-refractivity contribution is -0.144. The third-order valence-corrected chi connectivity index (χ3v) is 18.6. The molecular weight excluding hydrogens is 1320 g/mol. The smallest absolute Gasteiger partial charge is 0.338 e. The van der Waals surface area contributed by atoms with Crippen molar-refractivity contribution in [3.05, 3.63) is 138 Å². The van der Waals surface area contributed by atoms with Crippen LogP contribution in [0.4, 0.5) is 0 Å². The van der Waals surface area contributed by atoms with Crippen molar-refractivity contribution in [2.45, 2.75) is 219 Å². The van der Waals surface area contributed by atoms with E-state index in [1.807, 2.05) is 87.4 Å². The molecule has 1 N–H and O–H groups in total. The van der Waals surface area contributed by atoms with Crippen molar-refractivity contribution < 1.29 is 38.2 Å². The molecule has 2 saturated heterocycles. The van der Waals surface area contributed by atoms with Crippen LogP contribution < -0.4 is 5.32 Å². The summed E-state index contributed by atoms with van der Waals surface area (Å²) in [5, 5.41) is 4.91. The Morgan fingerprint density at radius 3 is 1.12 bits per heavy atom. The topological polar surface area (TPSA) is 171 Å². The van der Waals surface area contributed by atoms with Gasteiger partial charge in [0, 0.05) is 80.8 Å². The number of aliphatic imine (C=N–C) groups is 2. The van der Waals surface area contributed by atoms with E-state index in [0.717, 1.165) is 43.5 Å². The first-order valence-corrected chi connectivity index (χ1v) is 35.8. The summed E-state index contributed by atoms with van der Waals surface area (Å²) >= 11 is 30.5. The second-order valence-corrected chi connectivity index (χ2v) is 32.5. The Hall–Kier alpha value is -5.39. The van der Waals surface area contributed by atoms with Gasteiger partial charge in [-0.15, -0.1) is 0 Å². The largest absolute Gasteiger partial charge is 0.459 e. The van der Waals surface area contributed by atoms with Crippen LogP contribution in [0.2, 0.25) is 20.1 Å². The highest BCUT2D eigenvalue weighted by atomic mass is 35.5. The summed E-state index contributed by atoms with van der Waals surface area (Å²) in [5.41, 5.74) is 2.46. The highest BCUT2D eigenvalue weighted by Gasteiger charge is 2.54. The zero-order chi connectivity index (χ0) is 72.1. The van der Waals surface area contributed by atoms with Gasteiger partial charge in [0.1, 0.15) is 22.7 Å². The number of ether oxygens (including phenoxy) is 2. The van der Waals surface area contributed by atoms with Crippen LogP contribution in [0.15, 0.2) is 94.9 Å². The van der Waals surface area contributed by atoms with E-state index in [-0.39, 0.29) is 75.4 Å². The number of halogens is 5. The van der Waals surface area contributed by atoms with E-state index in [2.05, 4.69) is 72.5 Å². The van der Waals surface area contributed by atoms with Crippen molar-refractivity contribution >= 4 is 104 Å². The van der Waals surface area contributed by atoms with Crippen molar-refractivity contribution in [2.75, 3.05) is 45.8 Å². The fourth-order valence-electron chi connectivity index (χ4n) is 11.9. The number of benzene rings is 4. The van der Waals surface area contributed by atoms with Gasteiger partial charge in [0.2, 0.25) is 11.1 Å². The molecule has 4 aliphatic rings. The highest BCUT2D eigenvalue weighted by molar-refractivity contribution is 6.64. The molecule has 0 bridgehead atoms. The van der Waals surface area contributed by atoms with Gasteiger partial charge in [0.25, 0.3) is 11.8 Å². The molecule has 0 saturated carbocycles. The van der Waals surface area contributed by atoms with Gasteiger partial charge in [-0.3, -0.25) is 29.2 Å². The van der Waals surface area contributed by atoms with Crippen molar-refractivity contribution in [1.82, 2.24) is 24.9 Å². The van der Waals surface area contributed by atoms with Crippen LogP contribution in [0.25, 0.3) is 0 Å². The van der Waals surface area contributed by atoms with E-state index in [9.17, 15) is 28.8 Å². The Morgan fingerprint density at radius 2 is 0.854 bits per heavy atom. The van der Waals surface area contributed by atoms with E-state index >= 15 is 0 Å². The van der Waals surface area contributed by atoms with Gasteiger partial charge in [-0.2, -0.15) is 0 Å². The fraction of sp³-hybridized carbons (Fsp3) is 0.579. The number of piperidine rings is 2. The summed E-state index contributed by atoms with van der Waals surface area (Å²) in [5.74, 6) is -0.963. The number of likely N-dealkylation sites (tertiary alicyclic amines) is 1. The lowest BCUT2D eigenvalue weighted by atomic mass is 9.84. The molecule has 4 aliphatic heterocycles. The molecule has 20 heteroatoms. The third kappa shape index (κ3) is 22.8. The molecule has 528 valence electrons. The minimum absolute atomic E-state index is 0.0157. The summed E-state index contributed by atoms with van der Waals surface area (Å²) in [6.07, 6.45) is 5.22. The quantitative estimate of drug-likeness (QED) is 0.0792. The molecule has 2 spiro atoms. The number of rotatable bonds is 17. The van der Waals surface area contributed by atoms with Crippen LogP contribution in [-0.4, -0.2) is 135 Å². The normalized spacial score (nSPS) is 16.9. The summed E-state index contributed by atoms with van der Waals surface area (Å²) in [6, 6.07) is 24.5. The molecule has 15 nitrogen and oxygen atoms in total. The van der Waals surface area contributed by atoms with Gasteiger partial charge < -0.3 is 34.4 Å².